The van der Waals surface area contributed by atoms with Crippen molar-refractivity contribution in [2.75, 3.05) is 26.3 Å². The van der Waals surface area contributed by atoms with Crippen LogP contribution in [-0.2, 0) is 4.74 Å². The molecule has 0 radical (unpaired) electrons. The first-order chi connectivity index (χ1) is 7.65. The normalized spacial score (nSPS) is 39.9. The highest BCUT2D eigenvalue weighted by molar-refractivity contribution is 7.80. The molecule has 4 N–H and O–H groups in total. The molecule has 0 aliphatic carbocycles. The zero-order valence-electron chi connectivity index (χ0n) is 8.74. The maximum Gasteiger partial charge on any atom is 0.169 e. The van der Waals surface area contributed by atoms with Crippen LogP contribution in [0.4, 0.5) is 0 Å². The van der Waals surface area contributed by atoms with Crippen LogP contribution < -0.4 is 5.32 Å². The Morgan fingerprint density at radius 1 is 1.44 bits per heavy atom. The number of ether oxygens (including phenoxy) is 1. The van der Waals surface area contributed by atoms with Crippen molar-refractivity contribution in [1.29, 1.82) is 0 Å². The first-order valence-corrected chi connectivity index (χ1v) is 5.69. The number of aliphatic hydroxyl groups excluding tert-OH is 3. The summed E-state index contributed by atoms with van der Waals surface area (Å²) in [5.41, 5.74) is 0. The van der Waals surface area contributed by atoms with Crippen LogP contribution in [-0.4, -0.2) is 76.0 Å². The molecule has 16 heavy (non-hydrogen) atoms. The van der Waals surface area contributed by atoms with E-state index in [0.717, 1.165) is 6.54 Å². The fraction of sp³-hybridized carbons (Fsp3) is 0.889. The fourth-order valence-electron chi connectivity index (χ4n) is 2.10. The Morgan fingerprint density at radius 3 is 2.75 bits per heavy atom. The van der Waals surface area contributed by atoms with Gasteiger partial charge in [0.05, 0.1) is 19.3 Å². The van der Waals surface area contributed by atoms with E-state index in [0.29, 0.717) is 11.7 Å². The van der Waals surface area contributed by atoms with E-state index in [1.54, 1.807) is 0 Å². The number of rotatable bonds is 2. The summed E-state index contributed by atoms with van der Waals surface area (Å²) in [6, 6.07) is -0.347. The standard InChI is InChI=1S/C9H16N2O4S/c12-3-6-8(14)7(13)5(4-15-6)11-2-1-10-9(11)16/h5-8,12-14H,1-4H2,(H,10,16)/t5-,6-,7-,8+/m1/s1. The lowest BCUT2D eigenvalue weighted by molar-refractivity contribution is -0.172. The Hall–Kier alpha value is -0.470. The zero-order chi connectivity index (χ0) is 11.7. The van der Waals surface area contributed by atoms with Gasteiger partial charge in [-0.25, -0.2) is 0 Å². The monoisotopic (exact) mass is 248 g/mol. The predicted molar refractivity (Wildman–Crippen MR) is 59.9 cm³/mol. The molecule has 7 heteroatoms. The topological polar surface area (TPSA) is 85.2 Å². The Bertz CT molecular complexity index is 278. The van der Waals surface area contributed by atoms with E-state index in [1.165, 1.54) is 0 Å². The number of aliphatic hydroxyl groups is 3. The molecule has 0 amide bonds. The van der Waals surface area contributed by atoms with Gasteiger partial charge in [0.1, 0.15) is 18.3 Å². The second-order valence-electron chi connectivity index (χ2n) is 4.03. The van der Waals surface area contributed by atoms with E-state index in [-0.39, 0.29) is 19.3 Å². The molecule has 92 valence electrons. The van der Waals surface area contributed by atoms with Gasteiger partial charge in [-0.05, 0) is 12.2 Å². The van der Waals surface area contributed by atoms with Crippen LogP contribution in [0.1, 0.15) is 0 Å². The molecule has 0 aromatic carbocycles. The molecule has 0 spiro atoms. The Labute approximate surface area is 98.8 Å². The molecular formula is C9H16N2O4S. The smallest absolute Gasteiger partial charge is 0.169 e. The van der Waals surface area contributed by atoms with Gasteiger partial charge in [-0.2, -0.15) is 0 Å². The summed E-state index contributed by atoms with van der Waals surface area (Å²) in [5.74, 6) is 0. The Balaban J connectivity index is 2.04. The second kappa shape index (κ2) is 4.80. The minimum absolute atomic E-state index is 0.255. The maximum absolute atomic E-state index is 9.95. The van der Waals surface area contributed by atoms with Gasteiger partial charge < -0.3 is 30.3 Å². The number of nitrogens with zero attached hydrogens (tertiary/aromatic N) is 1. The molecule has 2 aliphatic rings. The molecule has 0 bridgehead atoms. The molecule has 6 nitrogen and oxygen atoms in total. The lowest BCUT2D eigenvalue weighted by atomic mass is 9.97. The van der Waals surface area contributed by atoms with Crippen molar-refractivity contribution in [2.45, 2.75) is 24.4 Å². The van der Waals surface area contributed by atoms with Crippen molar-refractivity contribution < 1.29 is 20.1 Å². The first kappa shape index (κ1) is 12.0. The van der Waals surface area contributed by atoms with Crippen molar-refractivity contribution in [3.8, 4) is 0 Å². The third-order valence-corrected chi connectivity index (χ3v) is 3.46. The van der Waals surface area contributed by atoms with Gasteiger partial charge in [-0.3, -0.25) is 0 Å². The molecule has 0 unspecified atom stereocenters. The van der Waals surface area contributed by atoms with Crippen LogP contribution >= 0.6 is 12.2 Å². The maximum atomic E-state index is 9.95. The minimum atomic E-state index is -1.08. The highest BCUT2D eigenvalue weighted by Crippen LogP contribution is 2.20. The number of thiocarbonyl (C=S) groups is 1. The minimum Gasteiger partial charge on any atom is -0.394 e. The van der Waals surface area contributed by atoms with E-state index in [2.05, 4.69) is 5.32 Å². The summed E-state index contributed by atoms with van der Waals surface area (Å²) >= 11 is 5.09. The highest BCUT2D eigenvalue weighted by atomic mass is 32.1. The average Bonchev–Trinajstić information content (AvgIpc) is 2.69. The zero-order valence-corrected chi connectivity index (χ0v) is 9.56. The molecule has 0 aromatic rings. The summed E-state index contributed by atoms with van der Waals surface area (Å²) in [6.45, 7) is 1.39. The van der Waals surface area contributed by atoms with Gasteiger partial charge in [0.25, 0.3) is 0 Å². The molecule has 0 aromatic heterocycles. The molecule has 2 saturated heterocycles. The Morgan fingerprint density at radius 2 is 2.19 bits per heavy atom. The molecule has 2 aliphatic heterocycles. The summed E-state index contributed by atoms with van der Waals surface area (Å²) in [7, 11) is 0. The van der Waals surface area contributed by atoms with Gasteiger partial charge >= 0.3 is 0 Å². The van der Waals surface area contributed by atoms with Crippen LogP contribution in [0.15, 0.2) is 0 Å². The lowest BCUT2D eigenvalue weighted by Crippen LogP contribution is -2.60. The van der Waals surface area contributed by atoms with Gasteiger partial charge in [0.2, 0.25) is 0 Å². The number of hydrogen-bond donors (Lipinski definition) is 4. The van der Waals surface area contributed by atoms with Crippen LogP contribution in [0.2, 0.25) is 0 Å². The van der Waals surface area contributed by atoms with Crippen molar-refractivity contribution in [3.05, 3.63) is 0 Å². The van der Waals surface area contributed by atoms with E-state index in [9.17, 15) is 10.2 Å². The predicted octanol–water partition coefficient (Wildman–Crippen LogP) is -2.34. The van der Waals surface area contributed by atoms with E-state index in [1.807, 2.05) is 4.90 Å². The van der Waals surface area contributed by atoms with E-state index in [4.69, 9.17) is 22.1 Å². The van der Waals surface area contributed by atoms with E-state index >= 15 is 0 Å². The molecule has 2 heterocycles. The summed E-state index contributed by atoms with van der Waals surface area (Å²) in [4.78, 5) is 1.82. The van der Waals surface area contributed by atoms with Gasteiger partial charge in [0, 0.05) is 13.1 Å². The molecule has 2 rings (SSSR count). The van der Waals surface area contributed by atoms with Crippen molar-refractivity contribution in [3.63, 3.8) is 0 Å². The molecular weight excluding hydrogens is 232 g/mol. The van der Waals surface area contributed by atoms with Crippen molar-refractivity contribution in [1.82, 2.24) is 10.2 Å². The molecule has 4 atom stereocenters. The average molecular weight is 248 g/mol. The third kappa shape index (κ3) is 2.01. The summed E-state index contributed by atoms with van der Waals surface area (Å²) < 4.78 is 5.29. The van der Waals surface area contributed by atoms with E-state index < -0.39 is 18.3 Å². The molecule has 0 saturated carbocycles. The summed E-state index contributed by atoms with van der Waals surface area (Å²) in [5, 5.41) is 32.2. The van der Waals surface area contributed by atoms with Crippen LogP contribution in [0, 0.1) is 0 Å². The molecule has 2 fully saturated rings. The van der Waals surface area contributed by atoms with Crippen molar-refractivity contribution >= 4 is 17.3 Å². The van der Waals surface area contributed by atoms with Crippen LogP contribution in [0.3, 0.4) is 0 Å². The quantitative estimate of drug-likeness (QED) is 0.407. The lowest BCUT2D eigenvalue weighted by Gasteiger charge is -2.41. The van der Waals surface area contributed by atoms with Crippen molar-refractivity contribution in [2.24, 2.45) is 0 Å². The van der Waals surface area contributed by atoms with Gasteiger partial charge in [-0.1, -0.05) is 0 Å². The highest BCUT2D eigenvalue weighted by Gasteiger charge is 2.42. The number of hydrogen-bond acceptors (Lipinski definition) is 5. The van der Waals surface area contributed by atoms with Crippen LogP contribution in [0.5, 0.6) is 0 Å². The number of nitrogens with one attached hydrogen (secondary N) is 1. The third-order valence-electron chi connectivity index (χ3n) is 3.08. The largest absolute Gasteiger partial charge is 0.394 e. The first-order valence-electron chi connectivity index (χ1n) is 5.28. The van der Waals surface area contributed by atoms with Gasteiger partial charge in [-0.15, -0.1) is 0 Å². The SMILES string of the molecule is OC[C@H]1OC[C@@H](N2CCNC2=S)[C@@H](O)[C@H]1O. The fourth-order valence-corrected chi connectivity index (χ4v) is 2.43. The second-order valence-corrected chi connectivity index (χ2v) is 4.41. The summed E-state index contributed by atoms with van der Waals surface area (Å²) in [6.07, 6.45) is -2.74. The van der Waals surface area contributed by atoms with Crippen LogP contribution in [0.25, 0.3) is 0 Å². The Kier molecular flexibility index (Phi) is 3.60. The van der Waals surface area contributed by atoms with Gasteiger partial charge in [0.15, 0.2) is 5.11 Å².